The zero-order chi connectivity index (χ0) is 17.5. The zero-order valence-electron chi connectivity index (χ0n) is 13.6. The van der Waals surface area contributed by atoms with Crippen molar-refractivity contribution >= 4 is 11.9 Å². The van der Waals surface area contributed by atoms with E-state index < -0.39 is 12.0 Å². The second-order valence-corrected chi connectivity index (χ2v) is 5.59. The van der Waals surface area contributed by atoms with Crippen LogP contribution in [0, 0.1) is 0 Å². The van der Waals surface area contributed by atoms with Gasteiger partial charge >= 0.3 is 5.97 Å². The molecule has 1 atom stereocenters. The number of rotatable bonds is 7. The number of benzene rings is 1. The molecule has 1 amide bonds. The van der Waals surface area contributed by atoms with Gasteiger partial charge in [-0.25, -0.2) is 4.98 Å². The average molecular weight is 328 g/mol. The Bertz CT molecular complexity index is 684. The van der Waals surface area contributed by atoms with Crippen LogP contribution in [-0.4, -0.2) is 28.1 Å². The molecule has 0 aliphatic rings. The van der Waals surface area contributed by atoms with Crippen LogP contribution in [0.2, 0.25) is 0 Å². The first-order valence-corrected chi connectivity index (χ1v) is 7.66. The highest BCUT2D eigenvalue weighted by molar-refractivity contribution is 5.94. The fourth-order valence-corrected chi connectivity index (χ4v) is 2.18. The molecular formula is C18H20N2O4. The number of carboxylic acid groups (broad SMARTS) is 1. The van der Waals surface area contributed by atoms with Gasteiger partial charge in [0, 0.05) is 12.3 Å². The summed E-state index contributed by atoms with van der Waals surface area (Å²) < 4.78 is 5.43. The summed E-state index contributed by atoms with van der Waals surface area (Å²) in [4.78, 5) is 27.5. The Morgan fingerprint density at radius 2 is 1.88 bits per heavy atom. The number of aliphatic carboxylic acids is 1. The van der Waals surface area contributed by atoms with Crippen molar-refractivity contribution < 1.29 is 19.4 Å². The smallest absolute Gasteiger partial charge is 0.305 e. The van der Waals surface area contributed by atoms with Crippen molar-refractivity contribution in [2.24, 2.45) is 0 Å². The Balaban J connectivity index is 2.11. The van der Waals surface area contributed by atoms with Crippen molar-refractivity contribution in [2.75, 3.05) is 0 Å². The maximum Gasteiger partial charge on any atom is 0.305 e. The van der Waals surface area contributed by atoms with E-state index in [4.69, 9.17) is 9.84 Å². The van der Waals surface area contributed by atoms with Crippen molar-refractivity contribution in [3.05, 3.63) is 59.8 Å². The van der Waals surface area contributed by atoms with E-state index in [1.165, 1.54) is 6.20 Å². The number of hydrogen-bond donors (Lipinski definition) is 2. The van der Waals surface area contributed by atoms with Gasteiger partial charge in [0.05, 0.1) is 24.1 Å². The summed E-state index contributed by atoms with van der Waals surface area (Å²) in [6, 6.07) is 11.6. The minimum atomic E-state index is -0.983. The van der Waals surface area contributed by atoms with E-state index in [0.29, 0.717) is 11.4 Å². The Kier molecular flexibility index (Phi) is 5.89. The second kappa shape index (κ2) is 8.10. The SMILES string of the molecule is CC(C)Oc1ccc(C(=O)NC(CC(=O)O)c2ccccc2)cn1. The molecule has 2 N–H and O–H groups in total. The third kappa shape index (κ3) is 5.08. The van der Waals surface area contributed by atoms with Gasteiger partial charge in [0.2, 0.25) is 5.88 Å². The molecule has 0 radical (unpaired) electrons. The lowest BCUT2D eigenvalue weighted by Crippen LogP contribution is -2.30. The highest BCUT2D eigenvalue weighted by atomic mass is 16.5. The summed E-state index contributed by atoms with van der Waals surface area (Å²) in [6.07, 6.45) is 1.21. The molecule has 2 rings (SSSR count). The molecule has 0 saturated heterocycles. The number of nitrogens with zero attached hydrogens (tertiary/aromatic N) is 1. The van der Waals surface area contributed by atoms with E-state index in [9.17, 15) is 9.59 Å². The van der Waals surface area contributed by atoms with Gasteiger partial charge in [0.1, 0.15) is 0 Å². The molecule has 0 bridgehead atoms. The van der Waals surface area contributed by atoms with Crippen LogP contribution in [0.25, 0.3) is 0 Å². The van der Waals surface area contributed by atoms with Crippen LogP contribution < -0.4 is 10.1 Å². The number of ether oxygens (including phenoxy) is 1. The molecule has 0 fully saturated rings. The van der Waals surface area contributed by atoms with E-state index >= 15 is 0 Å². The monoisotopic (exact) mass is 328 g/mol. The maximum atomic E-state index is 12.4. The summed E-state index contributed by atoms with van der Waals surface area (Å²) in [5, 5.41) is 11.8. The van der Waals surface area contributed by atoms with Crippen LogP contribution in [-0.2, 0) is 4.79 Å². The number of pyridine rings is 1. The number of carboxylic acids is 1. The fourth-order valence-electron chi connectivity index (χ4n) is 2.18. The van der Waals surface area contributed by atoms with E-state index in [-0.39, 0.29) is 18.4 Å². The van der Waals surface area contributed by atoms with E-state index in [2.05, 4.69) is 10.3 Å². The van der Waals surface area contributed by atoms with Crippen LogP contribution in [0.1, 0.15) is 42.2 Å². The van der Waals surface area contributed by atoms with Gasteiger partial charge in [-0.05, 0) is 25.5 Å². The normalized spacial score (nSPS) is 11.8. The molecule has 0 aliphatic heterocycles. The third-order valence-corrected chi connectivity index (χ3v) is 3.24. The number of aromatic nitrogens is 1. The second-order valence-electron chi connectivity index (χ2n) is 5.59. The van der Waals surface area contributed by atoms with Crippen molar-refractivity contribution in [3.63, 3.8) is 0 Å². The van der Waals surface area contributed by atoms with Crippen molar-refractivity contribution in [1.82, 2.24) is 10.3 Å². The minimum Gasteiger partial charge on any atom is -0.481 e. The van der Waals surface area contributed by atoms with Crippen molar-refractivity contribution in [3.8, 4) is 5.88 Å². The zero-order valence-corrected chi connectivity index (χ0v) is 13.6. The van der Waals surface area contributed by atoms with Gasteiger partial charge in [0.15, 0.2) is 0 Å². The molecule has 0 spiro atoms. The van der Waals surface area contributed by atoms with E-state index in [1.807, 2.05) is 19.9 Å². The molecule has 0 saturated carbocycles. The lowest BCUT2D eigenvalue weighted by molar-refractivity contribution is -0.137. The Morgan fingerprint density at radius 3 is 2.42 bits per heavy atom. The number of carbonyl (C=O) groups excluding carboxylic acids is 1. The summed E-state index contributed by atoms with van der Waals surface area (Å²) in [6.45, 7) is 3.78. The predicted molar refractivity (Wildman–Crippen MR) is 88.9 cm³/mol. The largest absolute Gasteiger partial charge is 0.481 e. The number of hydrogen-bond acceptors (Lipinski definition) is 4. The fraction of sp³-hybridized carbons (Fsp3) is 0.278. The van der Waals surface area contributed by atoms with Gasteiger partial charge in [-0.2, -0.15) is 0 Å². The highest BCUT2D eigenvalue weighted by Crippen LogP contribution is 2.18. The van der Waals surface area contributed by atoms with Gasteiger partial charge in [-0.15, -0.1) is 0 Å². The van der Waals surface area contributed by atoms with Crippen LogP contribution in [0.5, 0.6) is 5.88 Å². The molecule has 0 aliphatic carbocycles. The van der Waals surface area contributed by atoms with Crippen LogP contribution in [0.3, 0.4) is 0 Å². The molecular weight excluding hydrogens is 308 g/mol. The maximum absolute atomic E-state index is 12.4. The lowest BCUT2D eigenvalue weighted by Gasteiger charge is -2.17. The molecule has 1 aromatic heterocycles. The first-order chi connectivity index (χ1) is 11.5. The number of nitrogens with one attached hydrogen (secondary N) is 1. The molecule has 6 heteroatoms. The standard InChI is InChI=1S/C18H20N2O4/c1-12(2)24-16-9-8-14(11-19-16)18(23)20-15(10-17(21)22)13-6-4-3-5-7-13/h3-9,11-12,15H,10H2,1-2H3,(H,20,23)(H,21,22). The van der Waals surface area contributed by atoms with Crippen molar-refractivity contribution in [2.45, 2.75) is 32.4 Å². The Hall–Kier alpha value is -2.89. The van der Waals surface area contributed by atoms with Crippen LogP contribution in [0.15, 0.2) is 48.7 Å². The topological polar surface area (TPSA) is 88.5 Å². The Morgan fingerprint density at radius 1 is 1.17 bits per heavy atom. The van der Waals surface area contributed by atoms with Gasteiger partial charge < -0.3 is 15.2 Å². The first kappa shape index (κ1) is 17.5. The molecule has 1 heterocycles. The summed E-state index contributed by atoms with van der Waals surface area (Å²) >= 11 is 0. The van der Waals surface area contributed by atoms with Gasteiger partial charge in [-0.3, -0.25) is 9.59 Å². The Labute approximate surface area is 140 Å². The molecule has 24 heavy (non-hydrogen) atoms. The number of amides is 1. The van der Waals surface area contributed by atoms with Gasteiger partial charge in [0.25, 0.3) is 5.91 Å². The molecule has 126 valence electrons. The summed E-state index contributed by atoms with van der Waals surface area (Å²) in [7, 11) is 0. The van der Waals surface area contributed by atoms with Crippen molar-refractivity contribution in [1.29, 1.82) is 0 Å². The van der Waals surface area contributed by atoms with Crippen LogP contribution >= 0.6 is 0 Å². The molecule has 1 unspecified atom stereocenters. The predicted octanol–water partition coefficient (Wildman–Crippen LogP) is 2.81. The summed E-state index contributed by atoms with van der Waals surface area (Å²) in [5.41, 5.74) is 1.08. The lowest BCUT2D eigenvalue weighted by atomic mass is 10.0. The molecule has 6 nitrogen and oxygen atoms in total. The average Bonchev–Trinajstić information content (AvgIpc) is 2.54. The third-order valence-electron chi connectivity index (χ3n) is 3.24. The highest BCUT2D eigenvalue weighted by Gasteiger charge is 2.19. The molecule has 1 aromatic carbocycles. The first-order valence-electron chi connectivity index (χ1n) is 7.66. The summed E-state index contributed by atoms with van der Waals surface area (Å²) in [5.74, 6) is -0.927. The van der Waals surface area contributed by atoms with Gasteiger partial charge in [-0.1, -0.05) is 30.3 Å². The molecule has 2 aromatic rings. The minimum absolute atomic E-state index is 0.00444. The number of carbonyl (C=O) groups is 2. The van der Waals surface area contributed by atoms with E-state index in [0.717, 1.165) is 5.56 Å². The van der Waals surface area contributed by atoms with Crippen LogP contribution in [0.4, 0.5) is 0 Å². The van der Waals surface area contributed by atoms with E-state index in [1.54, 1.807) is 36.4 Å². The quantitative estimate of drug-likeness (QED) is 0.816.